The van der Waals surface area contributed by atoms with Crippen LogP contribution in [0.15, 0.2) is 16.0 Å². The third-order valence-electron chi connectivity index (χ3n) is 4.48. The van der Waals surface area contributed by atoms with Gasteiger partial charge >= 0.3 is 0 Å². The van der Waals surface area contributed by atoms with Crippen LogP contribution < -0.4 is 11.3 Å². The number of piperidine rings is 1. The number of hydrogen-bond acceptors (Lipinski definition) is 5. The van der Waals surface area contributed by atoms with E-state index >= 15 is 0 Å². The molecule has 0 aliphatic carbocycles. The molecular weight excluding hydrogens is 316 g/mol. The van der Waals surface area contributed by atoms with Crippen LogP contribution in [-0.2, 0) is 9.59 Å². The second-order valence-corrected chi connectivity index (χ2v) is 7.10. The topological polar surface area (TPSA) is 98.3 Å². The summed E-state index contributed by atoms with van der Waals surface area (Å²) >= 11 is 1.52. The molecular formula is C15H20N4O3S. The van der Waals surface area contributed by atoms with Crippen molar-refractivity contribution in [3.05, 3.63) is 22.1 Å². The molecule has 2 aliphatic heterocycles. The van der Waals surface area contributed by atoms with Crippen LogP contribution in [0.4, 0.5) is 0 Å². The number of nitrogens with two attached hydrogens (primary N) is 1. The van der Waals surface area contributed by atoms with Gasteiger partial charge in [0.2, 0.25) is 11.8 Å². The van der Waals surface area contributed by atoms with Gasteiger partial charge in [-0.3, -0.25) is 19.0 Å². The summed E-state index contributed by atoms with van der Waals surface area (Å²) in [6.07, 6.45) is 1.54. The maximum Gasteiger partial charge on any atom is 0.254 e. The van der Waals surface area contributed by atoms with Crippen molar-refractivity contribution in [1.29, 1.82) is 0 Å². The minimum atomic E-state index is -0.286. The predicted molar refractivity (Wildman–Crippen MR) is 86.1 cm³/mol. The zero-order valence-electron chi connectivity index (χ0n) is 13.0. The first-order valence-corrected chi connectivity index (χ1v) is 8.74. The maximum atomic E-state index is 12.5. The van der Waals surface area contributed by atoms with Gasteiger partial charge in [-0.2, -0.15) is 0 Å². The summed E-state index contributed by atoms with van der Waals surface area (Å²) in [5.74, 6) is 0.302. The van der Waals surface area contributed by atoms with Crippen LogP contribution >= 0.6 is 11.8 Å². The van der Waals surface area contributed by atoms with Gasteiger partial charge in [0.05, 0.1) is 6.04 Å². The SMILES string of the molecule is Cc1cc(=O)n2c(n1)SCC2CC(=O)N1CCC(C(N)=O)CC1. The predicted octanol–water partition coefficient (Wildman–Crippen LogP) is 0.313. The second kappa shape index (κ2) is 6.35. The van der Waals surface area contributed by atoms with Gasteiger partial charge in [-0.05, 0) is 19.8 Å². The molecule has 0 saturated carbocycles. The highest BCUT2D eigenvalue weighted by atomic mass is 32.2. The average Bonchev–Trinajstić information content (AvgIpc) is 2.90. The van der Waals surface area contributed by atoms with Gasteiger partial charge in [-0.25, -0.2) is 4.98 Å². The van der Waals surface area contributed by atoms with E-state index in [0.717, 1.165) is 0 Å². The van der Waals surface area contributed by atoms with Crippen molar-refractivity contribution in [2.45, 2.75) is 37.4 Å². The molecule has 0 bridgehead atoms. The van der Waals surface area contributed by atoms with Crippen molar-refractivity contribution >= 4 is 23.6 Å². The number of hydrogen-bond donors (Lipinski definition) is 1. The van der Waals surface area contributed by atoms with Crippen LogP contribution in [0.3, 0.4) is 0 Å². The minimum absolute atomic E-state index is 0.0267. The normalized spacial score (nSPS) is 21.3. The molecule has 1 aromatic heterocycles. The number of rotatable bonds is 3. The molecule has 2 aliphatic rings. The van der Waals surface area contributed by atoms with Crippen LogP contribution in [0.5, 0.6) is 0 Å². The van der Waals surface area contributed by atoms with Gasteiger partial charge < -0.3 is 10.6 Å². The van der Waals surface area contributed by atoms with Crippen molar-refractivity contribution in [2.75, 3.05) is 18.8 Å². The lowest BCUT2D eigenvalue weighted by Crippen LogP contribution is -2.42. The Hall–Kier alpha value is -1.83. The Morgan fingerprint density at radius 3 is 2.74 bits per heavy atom. The Labute approximate surface area is 138 Å². The first-order valence-electron chi connectivity index (χ1n) is 7.76. The lowest BCUT2D eigenvalue weighted by molar-refractivity contribution is -0.135. The highest BCUT2D eigenvalue weighted by Gasteiger charge is 2.31. The second-order valence-electron chi connectivity index (χ2n) is 6.11. The first-order chi connectivity index (χ1) is 11.0. The number of aryl methyl sites for hydroxylation is 1. The van der Waals surface area contributed by atoms with Gasteiger partial charge in [-0.15, -0.1) is 0 Å². The molecule has 1 fully saturated rings. The molecule has 1 saturated heterocycles. The molecule has 8 heteroatoms. The Morgan fingerprint density at radius 1 is 1.39 bits per heavy atom. The molecule has 0 aromatic carbocycles. The number of nitrogens with zero attached hydrogens (tertiary/aromatic N) is 3. The third-order valence-corrected chi connectivity index (χ3v) is 5.58. The fourth-order valence-corrected chi connectivity index (χ4v) is 4.35. The van der Waals surface area contributed by atoms with Crippen LogP contribution in [0.25, 0.3) is 0 Å². The summed E-state index contributed by atoms with van der Waals surface area (Å²) in [5, 5.41) is 0.695. The van der Waals surface area contributed by atoms with E-state index in [0.29, 0.717) is 49.0 Å². The molecule has 1 aromatic rings. The number of carbonyl (C=O) groups is 2. The van der Waals surface area contributed by atoms with E-state index < -0.39 is 0 Å². The number of thioether (sulfide) groups is 1. The van der Waals surface area contributed by atoms with Gasteiger partial charge in [0.25, 0.3) is 5.56 Å². The van der Waals surface area contributed by atoms with E-state index in [2.05, 4.69) is 4.98 Å². The Kier molecular flexibility index (Phi) is 4.43. The summed E-state index contributed by atoms with van der Waals surface area (Å²) in [6.45, 7) is 2.91. The Balaban J connectivity index is 1.65. The maximum absolute atomic E-state index is 12.5. The summed E-state index contributed by atoms with van der Waals surface area (Å²) in [5.41, 5.74) is 5.92. The van der Waals surface area contributed by atoms with Crippen molar-refractivity contribution in [3.8, 4) is 0 Å². The molecule has 3 rings (SSSR count). The zero-order chi connectivity index (χ0) is 16.6. The number of likely N-dealkylation sites (tertiary alicyclic amines) is 1. The average molecular weight is 336 g/mol. The highest BCUT2D eigenvalue weighted by molar-refractivity contribution is 7.99. The number of primary amides is 1. The van der Waals surface area contributed by atoms with Crippen LogP contribution in [0, 0.1) is 12.8 Å². The Morgan fingerprint density at radius 2 is 2.09 bits per heavy atom. The molecule has 0 radical (unpaired) electrons. The molecule has 2 amide bonds. The van der Waals surface area contributed by atoms with E-state index in [1.165, 1.54) is 17.8 Å². The highest BCUT2D eigenvalue weighted by Crippen LogP contribution is 2.32. The number of aromatic nitrogens is 2. The fourth-order valence-electron chi connectivity index (χ4n) is 3.16. The van der Waals surface area contributed by atoms with Gasteiger partial charge in [0.15, 0.2) is 5.16 Å². The molecule has 0 spiro atoms. The molecule has 1 unspecified atom stereocenters. The molecule has 2 N–H and O–H groups in total. The molecule has 124 valence electrons. The van der Waals surface area contributed by atoms with E-state index in [-0.39, 0.29) is 29.3 Å². The molecule has 3 heterocycles. The standard InChI is InChI=1S/C15H20N4O3S/c1-9-6-13(21)19-11(8-23-15(19)17-9)7-12(20)18-4-2-10(3-5-18)14(16)22/h6,10-11H,2-5,7-8H2,1H3,(H2,16,22). The van der Waals surface area contributed by atoms with E-state index in [4.69, 9.17) is 5.73 Å². The minimum Gasteiger partial charge on any atom is -0.369 e. The van der Waals surface area contributed by atoms with E-state index in [9.17, 15) is 14.4 Å². The summed E-state index contributed by atoms with van der Waals surface area (Å²) in [4.78, 5) is 42.0. The smallest absolute Gasteiger partial charge is 0.254 e. The van der Waals surface area contributed by atoms with Crippen molar-refractivity contribution in [3.63, 3.8) is 0 Å². The molecule has 7 nitrogen and oxygen atoms in total. The lowest BCUT2D eigenvalue weighted by Gasteiger charge is -2.31. The van der Waals surface area contributed by atoms with E-state index in [1.807, 2.05) is 0 Å². The monoisotopic (exact) mass is 336 g/mol. The van der Waals surface area contributed by atoms with Gasteiger partial charge in [-0.1, -0.05) is 11.8 Å². The lowest BCUT2D eigenvalue weighted by atomic mass is 9.96. The van der Waals surface area contributed by atoms with Crippen LogP contribution in [0.1, 0.15) is 31.0 Å². The van der Waals surface area contributed by atoms with Crippen LogP contribution in [-0.4, -0.2) is 45.1 Å². The molecule has 23 heavy (non-hydrogen) atoms. The van der Waals surface area contributed by atoms with Gasteiger partial charge in [0, 0.05) is 42.9 Å². The number of fused-ring (bicyclic) bond motifs is 1. The summed E-state index contributed by atoms with van der Waals surface area (Å²) in [6, 6.07) is 1.36. The number of carbonyl (C=O) groups excluding carboxylic acids is 2. The van der Waals surface area contributed by atoms with Crippen molar-refractivity contribution < 1.29 is 9.59 Å². The summed E-state index contributed by atoms with van der Waals surface area (Å²) < 4.78 is 1.63. The largest absolute Gasteiger partial charge is 0.369 e. The van der Waals surface area contributed by atoms with Crippen molar-refractivity contribution in [2.24, 2.45) is 11.7 Å². The fraction of sp³-hybridized carbons (Fsp3) is 0.600. The molecule has 1 atom stereocenters. The quantitative estimate of drug-likeness (QED) is 0.801. The van der Waals surface area contributed by atoms with Crippen LogP contribution in [0.2, 0.25) is 0 Å². The third kappa shape index (κ3) is 3.26. The number of amides is 2. The summed E-state index contributed by atoms with van der Waals surface area (Å²) in [7, 11) is 0. The Bertz CT molecular complexity index is 694. The van der Waals surface area contributed by atoms with Gasteiger partial charge in [0.1, 0.15) is 0 Å². The van der Waals surface area contributed by atoms with Crippen molar-refractivity contribution in [1.82, 2.24) is 14.5 Å². The first kappa shape index (κ1) is 16.0. The van der Waals surface area contributed by atoms with E-state index in [1.54, 1.807) is 16.4 Å². The zero-order valence-corrected chi connectivity index (χ0v) is 13.8.